The van der Waals surface area contributed by atoms with Gasteiger partial charge in [-0.2, -0.15) is 9.41 Å². The third-order valence-electron chi connectivity index (χ3n) is 4.30. The van der Waals surface area contributed by atoms with E-state index in [-0.39, 0.29) is 21.7 Å². The number of nitro benzene ring substituents is 1. The average Bonchev–Trinajstić information content (AvgIpc) is 3.24. The van der Waals surface area contributed by atoms with Gasteiger partial charge in [-0.3, -0.25) is 14.9 Å². The third kappa shape index (κ3) is 4.24. The van der Waals surface area contributed by atoms with Crippen molar-refractivity contribution in [3.63, 3.8) is 0 Å². The molecule has 0 aromatic heterocycles. The van der Waals surface area contributed by atoms with Gasteiger partial charge in [0.05, 0.1) is 21.6 Å². The summed E-state index contributed by atoms with van der Waals surface area (Å²) in [5.41, 5.74) is 2.48. The number of hydrogen-bond donors (Lipinski definition) is 1. The van der Waals surface area contributed by atoms with E-state index in [2.05, 4.69) is 10.5 Å². The minimum absolute atomic E-state index is 0.0460. The highest BCUT2D eigenvalue weighted by Gasteiger charge is 2.27. The van der Waals surface area contributed by atoms with Crippen LogP contribution in [0.25, 0.3) is 0 Å². The molecule has 1 N–H and O–H groups in total. The van der Waals surface area contributed by atoms with Crippen molar-refractivity contribution in [1.29, 1.82) is 0 Å². The summed E-state index contributed by atoms with van der Waals surface area (Å²) in [7, 11) is -3.63. The van der Waals surface area contributed by atoms with E-state index in [1.165, 1.54) is 53.0 Å². The molecule has 0 bridgehead atoms. The summed E-state index contributed by atoms with van der Waals surface area (Å²) in [6.07, 6.45) is 2.81. The number of carbonyl (C=O) groups is 1. The summed E-state index contributed by atoms with van der Waals surface area (Å²) >= 11 is 0. The summed E-state index contributed by atoms with van der Waals surface area (Å²) in [6.45, 7) is 0.942. The second kappa shape index (κ2) is 8.28. The van der Waals surface area contributed by atoms with Crippen molar-refractivity contribution in [2.24, 2.45) is 5.10 Å². The maximum absolute atomic E-state index is 12.6. The van der Waals surface area contributed by atoms with Gasteiger partial charge in [0.15, 0.2) is 0 Å². The number of rotatable bonds is 6. The minimum atomic E-state index is -3.63. The fraction of sp³-hybridized carbons (Fsp3) is 0.222. The minimum Gasteiger partial charge on any atom is -0.267 e. The Bertz CT molecular complexity index is 1030. The van der Waals surface area contributed by atoms with Gasteiger partial charge in [-0.15, -0.1) is 0 Å². The summed E-state index contributed by atoms with van der Waals surface area (Å²) in [6, 6.07) is 11.7. The number of nitrogens with zero attached hydrogens (tertiary/aromatic N) is 3. The highest BCUT2D eigenvalue weighted by atomic mass is 32.2. The number of hydrogen-bond acceptors (Lipinski definition) is 6. The van der Waals surface area contributed by atoms with E-state index in [1.54, 1.807) is 6.07 Å². The first-order valence-electron chi connectivity index (χ1n) is 8.56. The number of nitrogens with one attached hydrogen (secondary N) is 1. The Labute approximate surface area is 161 Å². The summed E-state index contributed by atoms with van der Waals surface area (Å²) < 4.78 is 26.6. The predicted octanol–water partition coefficient (Wildman–Crippen LogP) is 2.14. The van der Waals surface area contributed by atoms with E-state index in [1.807, 2.05) is 0 Å². The summed E-state index contributed by atoms with van der Waals surface area (Å²) in [4.78, 5) is 22.8. The molecule has 1 fully saturated rings. The van der Waals surface area contributed by atoms with Crippen molar-refractivity contribution in [3.8, 4) is 0 Å². The lowest BCUT2D eigenvalue weighted by Gasteiger charge is -2.15. The molecule has 2 aromatic rings. The Morgan fingerprint density at radius 1 is 1.14 bits per heavy atom. The number of benzene rings is 2. The van der Waals surface area contributed by atoms with E-state index in [4.69, 9.17) is 0 Å². The molecule has 0 saturated carbocycles. The number of amides is 1. The molecule has 1 heterocycles. The molecule has 0 radical (unpaired) electrons. The quantitative estimate of drug-likeness (QED) is 0.451. The zero-order chi connectivity index (χ0) is 20.1. The number of hydrazone groups is 1. The maximum atomic E-state index is 12.6. The van der Waals surface area contributed by atoms with Crippen molar-refractivity contribution >= 4 is 27.8 Å². The van der Waals surface area contributed by atoms with E-state index >= 15 is 0 Å². The maximum Gasteiger partial charge on any atom is 0.278 e. The van der Waals surface area contributed by atoms with Crippen LogP contribution in [0.5, 0.6) is 0 Å². The first-order valence-corrected chi connectivity index (χ1v) is 10.0. The van der Waals surface area contributed by atoms with Crippen LogP contribution in [-0.2, 0) is 10.0 Å². The first-order chi connectivity index (χ1) is 13.4. The monoisotopic (exact) mass is 402 g/mol. The van der Waals surface area contributed by atoms with E-state index < -0.39 is 20.9 Å². The van der Waals surface area contributed by atoms with Gasteiger partial charge in [0, 0.05) is 24.7 Å². The van der Waals surface area contributed by atoms with Crippen LogP contribution < -0.4 is 5.43 Å². The van der Waals surface area contributed by atoms with Gasteiger partial charge in [0.25, 0.3) is 11.6 Å². The van der Waals surface area contributed by atoms with Gasteiger partial charge in [-0.1, -0.05) is 18.2 Å². The van der Waals surface area contributed by atoms with Crippen LogP contribution in [0.1, 0.15) is 28.8 Å². The Morgan fingerprint density at radius 3 is 2.57 bits per heavy atom. The highest BCUT2D eigenvalue weighted by Crippen LogP contribution is 2.21. The Morgan fingerprint density at radius 2 is 1.86 bits per heavy atom. The normalized spacial score (nSPS) is 15.0. The van der Waals surface area contributed by atoms with Crippen molar-refractivity contribution < 1.29 is 18.1 Å². The van der Waals surface area contributed by atoms with Crippen molar-refractivity contribution in [1.82, 2.24) is 9.73 Å². The standard InChI is InChI=1S/C18H18N4O5S/c23-18(20-19-13-15-6-1-2-9-17(15)22(24)25)14-7-5-8-16(12-14)28(26,27)21-10-3-4-11-21/h1-2,5-9,12-13H,3-4,10-11H2,(H,20,23)/b19-13-. The lowest BCUT2D eigenvalue weighted by molar-refractivity contribution is -0.385. The molecule has 1 saturated heterocycles. The fourth-order valence-electron chi connectivity index (χ4n) is 2.86. The summed E-state index contributed by atoms with van der Waals surface area (Å²) in [5.74, 6) is -0.617. The second-order valence-electron chi connectivity index (χ2n) is 6.15. The molecule has 0 atom stereocenters. The first kappa shape index (κ1) is 19.6. The smallest absolute Gasteiger partial charge is 0.267 e. The van der Waals surface area contributed by atoms with Gasteiger partial charge in [0.1, 0.15) is 0 Å². The van der Waals surface area contributed by atoms with Crippen LogP contribution in [0.4, 0.5) is 5.69 Å². The molecule has 10 heteroatoms. The molecule has 9 nitrogen and oxygen atoms in total. The molecule has 0 unspecified atom stereocenters. The highest BCUT2D eigenvalue weighted by molar-refractivity contribution is 7.89. The number of carbonyl (C=O) groups excluding carboxylic acids is 1. The van der Waals surface area contributed by atoms with Gasteiger partial charge >= 0.3 is 0 Å². The number of nitro groups is 1. The Hall–Kier alpha value is -3.11. The van der Waals surface area contributed by atoms with Gasteiger partial charge in [-0.05, 0) is 37.1 Å². The molecule has 1 aliphatic heterocycles. The van der Waals surface area contributed by atoms with Crippen LogP contribution >= 0.6 is 0 Å². The van der Waals surface area contributed by atoms with Crippen molar-refractivity contribution in [2.75, 3.05) is 13.1 Å². The number of sulfonamides is 1. The molecule has 1 aliphatic rings. The zero-order valence-corrected chi connectivity index (χ0v) is 15.6. The van der Waals surface area contributed by atoms with Gasteiger partial charge in [-0.25, -0.2) is 13.8 Å². The SMILES string of the molecule is O=C(N/N=C\c1ccccc1[N+](=O)[O-])c1cccc(S(=O)(=O)N2CCCC2)c1. The molecule has 2 aromatic carbocycles. The van der Waals surface area contributed by atoms with Crippen molar-refractivity contribution in [2.45, 2.75) is 17.7 Å². The number of para-hydroxylation sites is 1. The largest absolute Gasteiger partial charge is 0.278 e. The lowest BCUT2D eigenvalue weighted by atomic mass is 10.2. The molecule has 28 heavy (non-hydrogen) atoms. The van der Waals surface area contributed by atoms with Gasteiger partial charge < -0.3 is 0 Å². The van der Waals surface area contributed by atoms with Crippen LogP contribution in [0.3, 0.4) is 0 Å². The van der Waals surface area contributed by atoms with Crippen LogP contribution in [0, 0.1) is 10.1 Å². The molecular weight excluding hydrogens is 384 g/mol. The van der Waals surface area contributed by atoms with Crippen LogP contribution in [0.15, 0.2) is 58.5 Å². The molecule has 1 amide bonds. The Kier molecular flexibility index (Phi) is 5.81. The van der Waals surface area contributed by atoms with E-state index in [0.29, 0.717) is 13.1 Å². The average molecular weight is 402 g/mol. The summed E-state index contributed by atoms with van der Waals surface area (Å²) in [5, 5.41) is 14.7. The van der Waals surface area contributed by atoms with Gasteiger partial charge in [0.2, 0.25) is 10.0 Å². The molecule has 3 rings (SSSR count). The lowest BCUT2D eigenvalue weighted by Crippen LogP contribution is -2.28. The van der Waals surface area contributed by atoms with Crippen LogP contribution in [0.2, 0.25) is 0 Å². The van der Waals surface area contributed by atoms with Crippen LogP contribution in [-0.4, -0.2) is 42.9 Å². The fourth-order valence-corrected chi connectivity index (χ4v) is 4.43. The topological polar surface area (TPSA) is 122 Å². The zero-order valence-electron chi connectivity index (χ0n) is 14.8. The molecule has 0 aliphatic carbocycles. The second-order valence-corrected chi connectivity index (χ2v) is 8.09. The van der Waals surface area contributed by atoms with E-state index in [9.17, 15) is 23.3 Å². The third-order valence-corrected chi connectivity index (χ3v) is 6.20. The predicted molar refractivity (Wildman–Crippen MR) is 103 cm³/mol. The Balaban J connectivity index is 1.74. The molecule has 0 spiro atoms. The molecular formula is C18H18N4O5S. The van der Waals surface area contributed by atoms with E-state index in [0.717, 1.165) is 12.8 Å². The van der Waals surface area contributed by atoms with Crippen molar-refractivity contribution in [3.05, 3.63) is 69.8 Å². The molecule has 146 valence electrons.